The van der Waals surface area contributed by atoms with Crippen LogP contribution in [-0.4, -0.2) is 41.3 Å². The zero-order valence-corrected chi connectivity index (χ0v) is 22.1. The largest absolute Gasteiger partial charge is 0.296 e. The first-order valence-electron chi connectivity index (χ1n) is 12.8. The van der Waals surface area contributed by atoms with Crippen LogP contribution in [0.15, 0.2) is 132 Å². The maximum Gasteiger partial charge on any atom is 0.168 e. The molecule has 0 aliphatic rings. The molecule has 0 aliphatic carbocycles. The Kier molecular flexibility index (Phi) is 9.57. The molecule has 0 fully saturated rings. The third-order valence-corrected chi connectivity index (χ3v) is 6.05. The quantitative estimate of drug-likeness (QED) is 0.123. The van der Waals surface area contributed by atoms with Gasteiger partial charge in [-0.1, -0.05) is 121 Å². The van der Waals surface area contributed by atoms with Crippen molar-refractivity contribution < 1.29 is 4.79 Å². The van der Waals surface area contributed by atoms with Crippen LogP contribution in [0.2, 0.25) is 0 Å². The Morgan fingerprint density at radius 2 is 0.974 bits per heavy atom. The van der Waals surface area contributed by atoms with Crippen LogP contribution in [0.25, 0.3) is 0 Å². The summed E-state index contributed by atoms with van der Waals surface area (Å²) >= 11 is 0. The van der Waals surface area contributed by atoms with E-state index in [1.165, 1.54) is 5.56 Å². The number of hydrazone groups is 2. The second-order valence-corrected chi connectivity index (χ2v) is 9.32. The number of nitrogens with zero attached hydrogens (tertiary/aromatic N) is 4. The van der Waals surface area contributed by atoms with Crippen molar-refractivity contribution in [3.8, 4) is 0 Å². The number of carbonyl (C=O) groups is 1. The minimum atomic E-state index is 0.0440. The van der Waals surface area contributed by atoms with E-state index in [1.54, 1.807) is 0 Å². The predicted octanol–water partition coefficient (Wildman–Crippen LogP) is 6.67. The van der Waals surface area contributed by atoms with Crippen molar-refractivity contribution in [2.24, 2.45) is 10.2 Å². The van der Waals surface area contributed by atoms with Crippen molar-refractivity contribution in [3.05, 3.63) is 144 Å². The SMILES string of the molecule is CN(Cc1ccccc1)/N=C(/CC(=O)c1ccccc1)C/C(=N\N(C)Cc1ccccc1)c1ccccc1. The van der Waals surface area contributed by atoms with E-state index < -0.39 is 0 Å². The van der Waals surface area contributed by atoms with E-state index in [0.29, 0.717) is 25.1 Å². The van der Waals surface area contributed by atoms with Crippen LogP contribution in [0.5, 0.6) is 0 Å². The van der Waals surface area contributed by atoms with E-state index in [0.717, 1.165) is 22.6 Å². The van der Waals surface area contributed by atoms with Crippen LogP contribution in [0, 0.1) is 0 Å². The summed E-state index contributed by atoms with van der Waals surface area (Å²) in [6, 6.07) is 40.0. The summed E-state index contributed by atoms with van der Waals surface area (Å²) in [6.07, 6.45) is 0.679. The first-order chi connectivity index (χ1) is 18.6. The van der Waals surface area contributed by atoms with Crippen molar-refractivity contribution in [2.45, 2.75) is 25.9 Å². The van der Waals surface area contributed by atoms with Gasteiger partial charge in [-0.2, -0.15) is 10.2 Å². The third kappa shape index (κ3) is 8.27. The van der Waals surface area contributed by atoms with Gasteiger partial charge < -0.3 is 0 Å². The Morgan fingerprint density at radius 1 is 0.553 bits per heavy atom. The minimum Gasteiger partial charge on any atom is -0.296 e. The van der Waals surface area contributed by atoms with Crippen LogP contribution >= 0.6 is 0 Å². The lowest BCUT2D eigenvalue weighted by atomic mass is 9.99. The molecular weight excluding hydrogens is 468 g/mol. The molecule has 0 N–H and O–H groups in total. The normalized spacial score (nSPS) is 11.7. The summed E-state index contributed by atoms with van der Waals surface area (Å²) in [7, 11) is 3.92. The van der Waals surface area contributed by atoms with Gasteiger partial charge in [-0.15, -0.1) is 0 Å². The van der Waals surface area contributed by atoms with Crippen molar-refractivity contribution >= 4 is 17.2 Å². The second kappa shape index (κ2) is 13.7. The molecule has 0 amide bonds. The fourth-order valence-corrected chi connectivity index (χ4v) is 4.28. The van der Waals surface area contributed by atoms with Crippen molar-refractivity contribution in [2.75, 3.05) is 14.1 Å². The molecule has 0 aromatic heterocycles. The highest BCUT2D eigenvalue weighted by atomic mass is 16.1. The zero-order valence-electron chi connectivity index (χ0n) is 22.1. The molecule has 0 saturated carbocycles. The molecule has 5 heteroatoms. The molecule has 0 aliphatic heterocycles. The lowest BCUT2D eigenvalue weighted by molar-refractivity contribution is 0.1000. The topological polar surface area (TPSA) is 48.3 Å². The number of hydrogen-bond donors (Lipinski definition) is 0. The van der Waals surface area contributed by atoms with Crippen LogP contribution in [0.3, 0.4) is 0 Å². The number of rotatable bonds is 12. The average Bonchev–Trinajstić information content (AvgIpc) is 2.94. The third-order valence-electron chi connectivity index (χ3n) is 6.05. The molecule has 4 rings (SSSR count). The molecule has 0 heterocycles. The molecule has 0 spiro atoms. The summed E-state index contributed by atoms with van der Waals surface area (Å²) in [5, 5.41) is 13.8. The maximum atomic E-state index is 13.2. The summed E-state index contributed by atoms with van der Waals surface area (Å²) in [5.74, 6) is 0.0440. The van der Waals surface area contributed by atoms with E-state index in [2.05, 4.69) is 36.4 Å². The van der Waals surface area contributed by atoms with Gasteiger partial charge in [0.25, 0.3) is 0 Å². The molecule has 192 valence electrons. The van der Waals surface area contributed by atoms with Gasteiger partial charge in [0.15, 0.2) is 5.78 Å². The van der Waals surface area contributed by atoms with Gasteiger partial charge in [-0.25, -0.2) is 0 Å². The first-order valence-corrected chi connectivity index (χ1v) is 12.8. The molecule has 5 nitrogen and oxygen atoms in total. The van der Waals surface area contributed by atoms with Crippen molar-refractivity contribution in [1.82, 2.24) is 10.0 Å². The second-order valence-electron chi connectivity index (χ2n) is 9.32. The summed E-state index contributed by atoms with van der Waals surface area (Å²) in [5.41, 5.74) is 5.68. The van der Waals surface area contributed by atoms with Crippen molar-refractivity contribution in [1.29, 1.82) is 0 Å². The molecule has 0 unspecified atom stereocenters. The van der Waals surface area contributed by atoms with Gasteiger partial charge in [0.2, 0.25) is 0 Å². The van der Waals surface area contributed by atoms with Gasteiger partial charge in [-0.3, -0.25) is 14.8 Å². The van der Waals surface area contributed by atoms with Crippen LogP contribution in [0.4, 0.5) is 0 Å². The van der Waals surface area contributed by atoms with Gasteiger partial charge in [0.05, 0.1) is 30.9 Å². The average molecular weight is 503 g/mol. The molecule has 4 aromatic carbocycles. The molecule has 0 atom stereocenters. The maximum absolute atomic E-state index is 13.2. The van der Waals surface area contributed by atoms with Gasteiger partial charge in [0, 0.05) is 26.1 Å². The van der Waals surface area contributed by atoms with E-state index in [4.69, 9.17) is 10.2 Å². The van der Waals surface area contributed by atoms with E-state index in [-0.39, 0.29) is 12.2 Å². The standard InChI is InChI=1S/C33H34N4O/c1-36(25-27-15-7-3-8-16-27)34-31(24-33(38)30-21-13-6-14-22-30)23-32(29-19-11-5-12-20-29)35-37(2)26-28-17-9-4-10-18-28/h3-22H,23-26H2,1-2H3/b34-31+,35-32+. The monoisotopic (exact) mass is 502 g/mol. The summed E-state index contributed by atoms with van der Waals surface area (Å²) in [4.78, 5) is 13.2. The number of benzene rings is 4. The number of carbonyl (C=O) groups excluding carboxylic acids is 1. The Labute approximate surface area is 225 Å². The zero-order chi connectivity index (χ0) is 26.6. The Balaban J connectivity index is 1.62. The minimum absolute atomic E-state index is 0.0440. The van der Waals surface area contributed by atoms with Crippen LogP contribution < -0.4 is 0 Å². The van der Waals surface area contributed by atoms with Crippen LogP contribution in [0.1, 0.15) is 39.9 Å². The smallest absolute Gasteiger partial charge is 0.168 e. The molecule has 0 saturated heterocycles. The van der Waals surface area contributed by atoms with Gasteiger partial charge in [-0.05, 0) is 16.7 Å². The highest BCUT2D eigenvalue weighted by molar-refractivity contribution is 6.18. The van der Waals surface area contributed by atoms with Gasteiger partial charge in [0.1, 0.15) is 0 Å². The summed E-state index contributed by atoms with van der Waals surface area (Å²) < 4.78 is 0. The summed E-state index contributed by atoms with van der Waals surface area (Å²) in [6.45, 7) is 1.33. The molecule has 0 radical (unpaired) electrons. The molecule has 4 aromatic rings. The fourth-order valence-electron chi connectivity index (χ4n) is 4.28. The molecule has 0 bridgehead atoms. The predicted molar refractivity (Wildman–Crippen MR) is 156 cm³/mol. The number of hydrogen-bond acceptors (Lipinski definition) is 5. The van der Waals surface area contributed by atoms with E-state index in [1.807, 2.05) is 109 Å². The Hall–Kier alpha value is -4.51. The first kappa shape index (κ1) is 26.6. The number of ketones is 1. The van der Waals surface area contributed by atoms with Crippen molar-refractivity contribution in [3.63, 3.8) is 0 Å². The number of Topliss-reactive ketones (excluding diaryl/α,β-unsaturated/α-hetero) is 1. The van der Waals surface area contributed by atoms with E-state index >= 15 is 0 Å². The molecular formula is C33H34N4O. The van der Waals surface area contributed by atoms with Crippen LogP contribution in [-0.2, 0) is 13.1 Å². The fraction of sp³-hybridized carbons (Fsp3) is 0.182. The Bertz CT molecular complexity index is 1340. The highest BCUT2D eigenvalue weighted by Crippen LogP contribution is 2.14. The molecule has 38 heavy (non-hydrogen) atoms. The lowest BCUT2D eigenvalue weighted by Crippen LogP contribution is -2.22. The Morgan fingerprint density at radius 3 is 1.47 bits per heavy atom. The highest BCUT2D eigenvalue weighted by Gasteiger charge is 2.16. The van der Waals surface area contributed by atoms with Gasteiger partial charge >= 0.3 is 0 Å². The van der Waals surface area contributed by atoms with E-state index in [9.17, 15) is 4.79 Å². The lowest BCUT2D eigenvalue weighted by Gasteiger charge is -2.19.